The summed E-state index contributed by atoms with van der Waals surface area (Å²) in [7, 11) is 2.06. The third-order valence-electron chi connectivity index (χ3n) is 3.09. The molecule has 2 rings (SSSR count). The van der Waals surface area contributed by atoms with Crippen LogP contribution in [0.5, 0.6) is 0 Å². The van der Waals surface area contributed by atoms with Gasteiger partial charge in [-0.3, -0.25) is 0 Å². The van der Waals surface area contributed by atoms with Gasteiger partial charge in [0.15, 0.2) is 0 Å². The van der Waals surface area contributed by atoms with Gasteiger partial charge in [0.2, 0.25) is 0 Å². The molecule has 0 aliphatic carbocycles. The molecule has 0 unspecified atom stereocenters. The number of nitrogens with zero attached hydrogens (tertiary/aromatic N) is 2. The van der Waals surface area contributed by atoms with Crippen molar-refractivity contribution >= 4 is 11.0 Å². The second-order valence-electron chi connectivity index (χ2n) is 4.41. The highest BCUT2D eigenvalue weighted by Crippen LogP contribution is 2.13. The van der Waals surface area contributed by atoms with Crippen molar-refractivity contribution < 1.29 is 0 Å². The number of rotatable bonds is 6. The molecule has 3 nitrogen and oxygen atoms in total. The fourth-order valence-electron chi connectivity index (χ4n) is 2.03. The molecule has 94 valence electrons. The summed E-state index contributed by atoms with van der Waals surface area (Å²) in [5, 5.41) is 3.41. The van der Waals surface area contributed by atoms with Gasteiger partial charge in [0, 0.05) is 13.5 Å². The lowest BCUT2D eigenvalue weighted by molar-refractivity contribution is 0.603. The van der Waals surface area contributed by atoms with Crippen molar-refractivity contribution in [2.75, 3.05) is 6.54 Å². The fraction of sp³-hybridized carbons (Fsp3) is 0.400. The zero-order chi connectivity index (χ0) is 12.8. The fourth-order valence-corrected chi connectivity index (χ4v) is 2.03. The maximum absolute atomic E-state index is 5.21. The molecule has 0 atom stereocenters. The zero-order valence-electron chi connectivity index (χ0n) is 10.8. The van der Waals surface area contributed by atoms with Crippen LogP contribution in [-0.4, -0.2) is 16.1 Å². The molecular formula is C15H19N3. The largest absolute Gasteiger partial charge is 0.330 e. The van der Waals surface area contributed by atoms with Crippen LogP contribution < -0.4 is 5.32 Å². The quantitative estimate of drug-likeness (QED) is 0.622. The SMILES string of the molecule is C#CCCCCNCc1nc2ccccc2n1C. The monoisotopic (exact) mass is 241 g/mol. The van der Waals surface area contributed by atoms with Gasteiger partial charge in [-0.1, -0.05) is 12.1 Å². The maximum atomic E-state index is 5.21. The van der Waals surface area contributed by atoms with Crippen molar-refractivity contribution in [3.05, 3.63) is 30.1 Å². The molecule has 3 heteroatoms. The Hall–Kier alpha value is -1.79. The molecule has 0 saturated heterocycles. The minimum Gasteiger partial charge on any atom is -0.330 e. The van der Waals surface area contributed by atoms with Crippen molar-refractivity contribution in [1.82, 2.24) is 14.9 Å². The summed E-state index contributed by atoms with van der Waals surface area (Å²) in [5.41, 5.74) is 2.24. The molecule has 1 heterocycles. The molecule has 1 N–H and O–H groups in total. The van der Waals surface area contributed by atoms with Crippen LogP contribution in [-0.2, 0) is 13.6 Å². The first kappa shape index (κ1) is 12.7. The summed E-state index contributed by atoms with van der Waals surface area (Å²) in [6.07, 6.45) is 8.29. The first-order valence-corrected chi connectivity index (χ1v) is 6.37. The lowest BCUT2D eigenvalue weighted by atomic mass is 10.2. The van der Waals surface area contributed by atoms with Crippen molar-refractivity contribution in [2.24, 2.45) is 7.05 Å². The van der Waals surface area contributed by atoms with E-state index in [0.717, 1.165) is 43.7 Å². The van der Waals surface area contributed by atoms with Gasteiger partial charge in [-0.25, -0.2) is 4.98 Å². The Balaban J connectivity index is 1.88. The number of terminal acetylenes is 1. The summed E-state index contributed by atoms with van der Waals surface area (Å²) >= 11 is 0. The number of hydrogen-bond donors (Lipinski definition) is 1. The number of unbranched alkanes of at least 4 members (excludes halogenated alkanes) is 2. The molecule has 1 aromatic heterocycles. The molecule has 0 amide bonds. The Morgan fingerprint density at radius 3 is 2.94 bits per heavy atom. The minimum atomic E-state index is 0.807. The van der Waals surface area contributed by atoms with Gasteiger partial charge in [0.05, 0.1) is 17.6 Å². The van der Waals surface area contributed by atoms with Crippen LogP contribution >= 0.6 is 0 Å². The summed E-state index contributed by atoms with van der Waals surface area (Å²) in [4.78, 5) is 4.61. The standard InChI is InChI=1S/C15H19N3/c1-3-4-5-8-11-16-12-15-17-13-9-6-7-10-14(13)18(15)2/h1,6-7,9-10,16H,4-5,8,11-12H2,2H3. The summed E-state index contributed by atoms with van der Waals surface area (Å²) in [6.45, 7) is 1.80. The van der Waals surface area contributed by atoms with Crippen LogP contribution in [0.25, 0.3) is 11.0 Å². The number of aryl methyl sites for hydroxylation is 1. The summed E-state index contributed by atoms with van der Waals surface area (Å²) in [5.74, 6) is 3.74. The third-order valence-corrected chi connectivity index (χ3v) is 3.09. The topological polar surface area (TPSA) is 29.9 Å². The predicted molar refractivity (Wildman–Crippen MR) is 75.1 cm³/mol. The summed E-state index contributed by atoms with van der Waals surface area (Å²) in [6, 6.07) is 8.21. The van der Waals surface area contributed by atoms with Crippen molar-refractivity contribution in [1.29, 1.82) is 0 Å². The van der Waals surface area contributed by atoms with Crippen LogP contribution in [0.3, 0.4) is 0 Å². The zero-order valence-corrected chi connectivity index (χ0v) is 10.8. The number of imidazole rings is 1. The van der Waals surface area contributed by atoms with E-state index in [1.165, 1.54) is 5.52 Å². The minimum absolute atomic E-state index is 0.807. The van der Waals surface area contributed by atoms with Crippen LogP contribution in [0.2, 0.25) is 0 Å². The number of nitrogens with one attached hydrogen (secondary N) is 1. The number of aromatic nitrogens is 2. The van der Waals surface area contributed by atoms with Crippen LogP contribution in [0.15, 0.2) is 24.3 Å². The van der Waals surface area contributed by atoms with E-state index < -0.39 is 0 Å². The highest BCUT2D eigenvalue weighted by atomic mass is 15.1. The lowest BCUT2D eigenvalue weighted by Crippen LogP contribution is -2.17. The van der Waals surface area contributed by atoms with Crippen molar-refractivity contribution in [3.63, 3.8) is 0 Å². The first-order chi connectivity index (χ1) is 8.83. The van der Waals surface area contributed by atoms with Crippen molar-refractivity contribution in [2.45, 2.75) is 25.8 Å². The van der Waals surface area contributed by atoms with Gasteiger partial charge < -0.3 is 9.88 Å². The highest BCUT2D eigenvalue weighted by Gasteiger charge is 2.05. The van der Waals surface area contributed by atoms with E-state index in [1.807, 2.05) is 18.2 Å². The van der Waals surface area contributed by atoms with Gasteiger partial charge in [-0.15, -0.1) is 12.3 Å². The molecule has 0 spiro atoms. The Labute approximate surface area is 108 Å². The number of hydrogen-bond acceptors (Lipinski definition) is 2. The number of para-hydroxylation sites is 2. The molecule has 18 heavy (non-hydrogen) atoms. The smallest absolute Gasteiger partial charge is 0.123 e. The predicted octanol–water partition coefficient (Wildman–Crippen LogP) is 2.47. The molecular weight excluding hydrogens is 222 g/mol. The number of fused-ring (bicyclic) bond motifs is 1. The van der Waals surface area contributed by atoms with Crippen LogP contribution in [0.1, 0.15) is 25.1 Å². The Morgan fingerprint density at radius 2 is 2.17 bits per heavy atom. The Kier molecular flexibility index (Phi) is 4.38. The van der Waals surface area contributed by atoms with E-state index in [4.69, 9.17) is 6.42 Å². The van der Waals surface area contributed by atoms with E-state index in [9.17, 15) is 0 Å². The second kappa shape index (κ2) is 6.23. The highest BCUT2D eigenvalue weighted by molar-refractivity contribution is 5.75. The van der Waals surface area contributed by atoms with E-state index in [2.05, 4.69) is 33.9 Å². The first-order valence-electron chi connectivity index (χ1n) is 6.37. The Bertz CT molecular complexity index is 548. The molecule has 0 radical (unpaired) electrons. The van der Waals surface area contributed by atoms with Gasteiger partial charge in [0.25, 0.3) is 0 Å². The van der Waals surface area contributed by atoms with Gasteiger partial charge in [0.1, 0.15) is 5.82 Å². The second-order valence-corrected chi connectivity index (χ2v) is 4.41. The van der Waals surface area contributed by atoms with Gasteiger partial charge >= 0.3 is 0 Å². The molecule has 0 bridgehead atoms. The van der Waals surface area contributed by atoms with Gasteiger partial charge in [-0.05, 0) is 31.5 Å². The molecule has 0 saturated carbocycles. The van der Waals surface area contributed by atoms with Crippen LogP contribution in [0.4, 0.5) is 0 Å². The average Bonchev–Trinajstić information content (AvgIpc) is 2.71. The average molecular weight is 241 g/mol. The van der Waals surface area contributed by atoms with E-state index in [-0.39, 0.29) is 0 Å². The molecule has 0 aliphatic rings. The van der Waals surface area contributed by atoms with E-state index in [0.29, 0.717) is 0 Å². The molecule has 0 fully saturated rings. The summed E-state index contributed by atoms with van der Waals surface area (Å²) < 4.78 is 2.14. The van der Waals surface area contributed by atoms with Crippen LogP contribution in [0, 0.1) is 12.3 Å². The lowest BCUT2D eigenvalue weighted by Gasteiger charge is -2.04. The molecule has 0 aliphatic heterocycles. The van der Waals surface area contributed by atoms with Crippen molar-refractivity contribution in [3.8, 4) is 12.3 Å². The van der Waals surface area contributed by atoms with Gasteiger partial charge in [-0.2, -0.15) is 0 Å². The number of benzene rings is 1. The molecule has 2 aromatic rings. The maximum Gasteiger partial charge on any atom is 0.123 e. The Morgan fingerprint density at radius 1 is 1.33 bits per heavy atom. The molecule has 1 aromatic carbocycles. The normalized spacial score (nSPS) is 10.7. The van der Waals surface area contributed by atoms with E-state index >= 15 is 0 Å². The third kappa shape index (κ3) is 2.91. The van der Waals surface area contributed by atoms with E-state index in [1.54, 1.807) is 0 Å².